The van der Waals surface area contributed by atoms with E-state index in [9.17, 15) is 4.79 Å². The number of hydrogen-bond acceptors (Lipinski definition) is 3. The van der Waals surface area contributed by atoms with E-state index in [2.05, 4.69) is 50.5 Å². The lowest BCUT2D eigenvalue weighted by atomic mass is 10.1. The Balaban J connectivity index is 1.22. The van der Waals surface area contributed by atoms with Crippen molar-refractivity contribution in [3.05, 3.63) is 106 Å². The highest BCUT2D eigenvalue weighted by Crippen LogP contribution is 2.19. The third kappa shape index (κ3) is 6.17. The Bertz CT molecular complexity index is 1180. The van der Waals surface area contributed by atoms with Gasteiger partial charge in [-0.2, -0.15) is 0 Å². The van der Waals surface area contributed by atoms with Gasteiger partial charge in [0.05, 0.1) is 12.1 Å². The van der Waals surface area contributed by atoms with Crippen LogP contribution in [-0.4, -0.2) is 17.5 Å². The number of pyridine rings is 1. The van der Waals surface area contributed by atoms with Crippen molar-refractivity contribution in [3.63, 3.8) is 0 Å². The highest BCUT2D eigenvalue weighted by molar-refractivity contribution is 9.10. The zero-order chi connectivity index (χ0) is 22.2. The number of nitrogens with zero attached hydrogens (tertiary/aromatic N) is 1. The number of aryl methyl sites for hydroxylation is 1. The van der Waals surface area contributed by atoms with E-state index in [0.29, 0.717) is 18.7 Å². The fourth-order valence-corrected chi connectivity index (χ4v) is 3.87. The molecule has 0 unspecified atom stereocenters. The van der Waals surface area contributed by atoms with E-state index in [1.54, 1.807) is 18.3 Å². The zero-order valence-corrected chi connectivity index (χ0v) is 19.3. The Kier molecular flexibility index (Phi) is 7.51. The van der Waals surface area contributed by atoms with E-state index in [-0.39, 0.29) is 5.91 Å². The second-order valence-electron chi connectivity index (χ2n) is 7.68. The first-order valence-corrected chi connectivity index (χ1v) is 11.6. The molecule has 5 heteroatoms. The van der Waals surface area contributed by atoms with E-state index in [0.717, 1.165) is 46.0 Å². The van der Waals surface area contributed by atoms with Crippen LogP contribution in [0.4, 0.5) is 0 Å². The predicted octanol–water partition coefficient (Wildman–Crippen LogP) is 6.33. The lowest BCUT2D eigenvalue weighted by Crippen LogP contribution is -2.22. The standard InChI is InChI=1S/C27H25BrN2O2/c28-24-17-23-16-21(9-14-26(23)29-19-24)18-30-27(31)22-10-12-25(13-11-22)32-15-5-4-8-20-6-2-1-3-7-20/h1-3,6-7,9-14,16-17,19H,4-5,8,15,18H2,(H,30,31). The Morgan fingerprint density at radius 1 is 0.906 bits per heavy atom. The van der Waals surface area contributed by atoms with Crippen molar-refractivity contribution >= 4 is 32.7 Å². The molecule has 0 aliphatic rings. The first-order chi connectivity index (χ1) is 15.7. The third-order valence-electron chi connectivity index (χ3n) is 5.25. The Morgan fingerprint density at radius 3 is 2.53 bits per heavy atom. The molecule has 0 aliphatic heterocycles. The van der Waals surface area contributed by atoms with Gasteiger partial charge in [-0.3, -0.25) is 9.78 Å². The average Bonchev–Trinajstić information content (AvgIpc) is 2.83. The molecule has 4 nitrogen and oxygen atoms in total. The fraction of sp³-hybridized carbons (Fsp3) is 0.185. The number of ether oxygens (including phenoxy) is 1. The number of amides is 1. The maximum absolute atomic E-state index is 12.5. The van der Waals surface area contributed by atoms with Gasteiger partial charge < -0.3 is 10.1 Å². The van der Waals surface area contributed by atoms with Crippen LogP contribution in [0.1, 0.15) is 34.3 Å². The molecule has 1 N–H and O–H groups in total. The molecule has 1 amide bonds. The van der Waals surface area contributed by atoms with Gasteiger partial charge in [-0.05, 0) is 88.8 Å². The molecule has 0 saturated heterocycles. The van der Waals surface area contributed by atoms with Crippen LogP contribution in [0.3, 0.4) is 0 Å². The molecule has 0 atom stereocenters. The fourth-order valence-electron chi connectivity index (χ4n) is 3.52. The molecule has 4 rings (SSSR count). The van der Waals surface area contributed by atoms with E-state index in [1.807, 2.05) is 42.5 Å². The van der Waals surface area contributed by atoms with Crippen molar-refractivity contribution in [2.45, 2.75) is 25.8 Å². The number of unbranched alkanes of at least 4 members (excludes halogenated alkanes) is 1. The molecule has 0 fully saturated rings. The van der Waals surface area contributed by atoms with Gasteiger partial charge in [0.25, 0.3) is 5.91 Å². The number of carbonyl (C=O) groups excluding carboxylic acids is 1. The van der Waals surface area contributed by atoms with Crippen LogP contribution in [0, 0.1) is 0 Å². The third-order valence-corrected chi connectivity index (χ3v) is 5.69. The minimum Gasteiger partial charge on any atom is -0.494 e. The minimum absolute atomic E-state index is 0.105. The number of hydrogen-bond donors (Lipinski definition) is 1. The van der Waals surface area contributed by atoms with Crippen LogP contribution in [0.25, 0.3) is 10.9 Å². The largest absolute Gasteiger partial charge is 0.494 e. The Hall–Kier alpha value is -3.18. The average molecular weight is 489 g/mol. The SMILES string of the molecule is O=C(NCc1ccc2ncc(Br)cc2c1)c1ccc(OCCCCc2ccccc2)cc1. The molecule has 162 valence electrons. The van der Waals surface area contributed by atoms with Crippen molar-refractivity contribution < 1.29 is 9.53 Å². The molecular formula is C27H25BrN2O2. The lowest BCUT2D eigenvalue weighted by molar-refractivity contribution is 0.0951. The quantitative estimate of drug-likeness (QED) is 0.280. The van der Waals surface area contributed by atoms with Gasteiger partial charge in [-0.15, -0.1) is 0 Å². The molecule has 0 bridgehead atoms. The zero-order valence-electron chi connectivity index (χ0n) is 17.8. The number of carbonyl (C=O) groups is 1. The summed E-state index contributed by atoms with van der Waals surface area (Å²) >= 11 is 3.45. The van der Waals surface area contributed by atoms with Crippen molar-refractivity contribution in [3.8, 4) is 5.75 Å². The highest BCUT2D eigenvalue weighted by atomic mass is 79.9. The van der Waals surface area contributed by atoms with Gasteiger partial charge in [0.1, 0.15) is 5.75 Å². The van der Waals surface area contributed by atoms with E-state index in [1.165, 1.54) is 5.56 Å². The molecular weight excluding hydrogens is 464 g/mol. The van der Waals surface area contributed by atoms with Gasteiger partial charge in [-0.1, -0.05) is 36.4 Å². The van der Waals surface area contributed by atoms with Gasteiger partial charge in [0.2, 0.25) is 0 Å². The van der Waals surface area contributed by atoms with Gasteiger partial charge in [0, 0.05) is 28.2 Å². The summed E-state index contributed by atoms with van der Waals surface area (Å²) in [5.74, 6) is 0.681. The second-order valence-corrected chi connectivity index (χ2v) is 8.59. The van der Waals surface area contributed by atoms with Crippen LogP contribution in [0.2, 0.25) is 0 Å². The van der Waals surface area contributed by atoms with Gasteiger partial charge >= 0.3 is 0 Å². The normalized spacial score (nSPS) is 10.8. The van der Waals surface area contributed by atoms with E-state index < -0.39 is 0 Å². The molecule has 1 heterocycles. The number of nitrogens with one attached hydrogen (secondary N) is 1. The van der Waals surface area contributed by atoms with E-state index in [4.69, 9.17) is 4.74 Å². The molecule has 0 spiro atoms. The van der Waals surface area contributed by atoms with Crippen molar-refractivity contribution in [1.29, 1.82) is 0 Å². The Morgan fingerprint density at radius 2 is 1.72 bits per heavy atom. The number of fused-ring (bicyclic) bond motifs is 1. The molecule has 3 aromatic carbocycles. The summed E-state index contributed by atoms with van der Waals surface area (Å²) in [5.41, 5.74) is 3.93. The maximum Gasteiger partial charge on any atom is 0.251 e. The molecule has 4 aromatic rings. The molecule has 0 radical (unpaired) electrons. The van der Waals surface area contributed by atoms with Crippen molar-refractivity contribution in [2.24, 2.45) is 0 Å². The molecule has 32 heavy (non-hydrogen) atoms. The summed E-state index contributed by atoms with van der Waals surface area (Å²) in [5, 5.41) is 4.02. The maximum atomic E-state index is 12.5. The molecule has 0 saturated carbocycles. The number of rotatable bonds is 9. The summed E-state index contributed by atoms with van der Waals surface area (Å²) in [4.78, 5) is 16.9. The van der Waals surface area contributed by atoms with Crippen LogP contribution in [0.15, 0.2) is 89.5 Å². The first kappa shape index (κ1) is 22.0. The predicted molar refractivity (Wildman–Crippen MR) is 132 cm³/mol. The highest BCUT2D eigenvalue weighted by Gasteiger charge is 2.06. The monoisotopic (exact) mass is 488 g/mol. The summed E-state index contributed by atoms with van der Waals surface area (Å²) < 4.78 is 6.75. The van der Waals surface area contributed by atoms with Crippen LogP contribution >= 0.6 is 15.9 Å². The molecule has 0 aliphatic carbocycles. The summed E-state index contributed by atoms with van der Waals surface area (Å²) in [6, 6.07) is 25.8. The number of halogens is 1. The van der Waals surface area contributed by atoms with Gasteiger partial charge in [0.15, 0.2) is 0 Å². The smallest absolute Gasteiger partial charge is 0.251 e. The van der Waals surface area contributed by atoms with Crippen LogP contribution in [-0.2, 0) is 13.0 Å². The van der Waals surface area contributed by atoms with Crippen LogP contribution in [0.5, 0.6) is 5.75 Å². The second kappa shape index (κ2) is 10.9. The van der Waals surface area contributed by atoms with Crippen molar-refractivity contribution in [2.75, 3.05) is 6.61 Å². The summed E-state index contributed by atoms with van der Waals surface area (Å²) in [6.07, 6.45) is 4.93. The van der Waals surface area contributed by atoms with Gasteiger partial charge in [-0.25, -0.2) is 0 Å². The lowest BCUT2D eigenvalue weighted by Gasteiger charge is -2.09. The topological polar surface area (TPSA) is 51.2 Å². The summed E-state index contributed by atoms with van der Waals surface area (Å²) in [6.45, 7) is 1.13. The Labute approximate surface area is 196 Å². The molecule has 1 aromatic heterocycles. The minimum atomic E-state index is -0.105. The number of benzene rings is 3. The first-order valence-electron chi connectivity index (χ1n) is 10.8. The number of aromatic nitrogens is 1. The van der Waals surface area contributed by atoms with E-state index >= 15 is 0 Å². The van der Waals surface area contributed by atoms with Crippen molar-refractivity contribution in [1.82, 2.24) is 10.3 Å². The van der Waals surface area contributed by atoms with Crippen LogP contribution < -0.4 is 10.1 Å². The summed E-state index contributed by atoms with van der Waals surface area (Å²) in [7, 11) is 0.